The second-order valence-electron chi connectivity index (χ2n) is 6.63. The van der Waals surface area contributed by atoms with Crippen molar-refractivity contribution in [1.82, 2.24) is 0 Å². The van der Waals surface area contributed by atoms with Crippen LogP contribution >= 0.6 is 0 Å². The number of sulfonamides is 1. The summed E-state index contributed by atoms with van der Waals surface area (Å²) < 4.78 is 24.9. The van der Waals surface area contributed by atoms with Crippen molar-refractivity contribution in [3.63, 3.8) is 0 Å². The summed E-state index contributed by atoms with van der Waals surface area (Å²) in [6.07, 6.45) is 10.4. The molecular formula is C23H17N3O4S. The van der Waals surface area contributed by atoms with Gasteiger partial charge in [-0.25, -0.2) is 13.3 Å². The topological polar surface area (TPSA) is 98.5 Å². The molecule has 0 spiro atoms. The number of anilines is 2. The van der Waals surface area contributed by atoms with Crippen molar-refractivity contribution >= 4 is 44.9 Å². The molecule has 7 nitrogen and oxygen atoms in total. The zero-order valence-electron chi connectivity index (χ0n) is 16.5. The Hall–Kier alpha value is -4.14. The minimum absolute atomic E-state index is 0.0942. The maximum absolute atomic E-state index is 11.9. The molecule has 31 heavy (non-hydrogen) atoms. The Kier molecular flexibility index (Phi) is 6.05. The van der Waals surface area contributed by atoms with Crippen molar-refractivity contribution in [2.45, 2.75) is 0 Å². The molecule has 0 aromatic heterocycles. The van der Waals surface area contributed by atoms with Gasteiger partial charge in [-0.05, 0) is 41.5 Å². The number of benzene rings is 2. The normalized spacial score (nSPS) is 13.8. The standard InChI is InChI=1S/C23H17N3O4S/c1-3-14-25(31(2,29)30)20-10-6-18(7-11-20)19(16-24)15-17-4-8-21(9-5-17)26-22(27)12-13-23(26)28/h1,4-13,15H,14H2,2H3/b19-15+. The summed E-state index contributed by atoms with van der Waals surface area (Å²) in [5.41, 5.74) is 2.49. The minimum Gasteiger partial charge on any atom is -0.269 e. The molecule has 0 saturated carbocycles. The van der Waals surface area contributed by atoms with E-state index >= 15 is 0 Å². The number of carbonyl (C=O) groups excluding carboxylic acids is 2. The number of rotatable bonds is 6. The van der Waals surface area contributed by atoms with Crippen molar-refractivity contribution in [2.24, 2.45) is 0 Å². The summed E-state index contributed by atoms with van der Waals surface area (Å²) in [5, 5.41) is 9.57. The molecule has 154 valence electrons. The van der Waals surface area contributed by atoms with Crippen molar-refractivity contribution in [3.05, 3.63) is 71.8 Å². The van der Waals surface area contributed by atoms with E-state index in [1.165, 1.54) is 12.2 Å². The van der Waals surface area contributed by atoms with Gasteiger partial charge >= 0.3 is 0 Å². The summed E-state index contributed by atoms with van der Waals surface area (Å²) in [6, 6.07) is 15.2. The average molecular weight is 431 g/mol. The summed E-state index contributed by atoms with van der Waals surface area (Å²) in [5.74, 6) is 1.51. The molecular weight excluding hydrogens is 414 g/mol. The van der Waals surface area contributed by atoms with Crippen molar-refractivity contribution in [1.29, 1.82) is 5.26 Å². The van der Waals surface area contributed by atoms with Gasteiger partial charge in [-0.3, -0.25) is 13.9 Å². The van der Waals surface area contributed by atoms with Gasteiger partial charge in [-0.1, -0.05) is 30.2 Å². The van der Waals surface area contributed by atoms with E-state index in [2.05, 4.69) is 12.0 Å². The van der Waals surface area contributed by atoms with E-state index in [1.807, 2.05) is 0 Å². The highest BCUT2D eigenvalue weighted by atomic mass is 32.2. The molecule has 0 bridgehead atoms. The van der Waals surface area contributed by atoms with Crippen LogP contribution in [0.15, 0.2) is 60.7 Å². The highest BCUT2D eigenvalue weighted by molar-refractivity contribution is 7.92. The molecule has 1 heterocycles. The van der Waals surface area contributed by atoms with Gasteiger partial charge in [0.1, 0.15) is 0 Å². The maximum Gasteiger partial charge on any atom is 0.258 e. The monoisotopic (exact) mass is 431 g/mol. The number of allylic oxidation sites excluding steroid dienone is 1. The lowest BCUT2D eigenvalue weighted by molar-refractivity contribution is -0.119. The lowest BCUT2D eigenvalue weighted by Gasteiger charge is -2.19. The molecule has 1 aliphatic rings. The minimum atomic E-state index is -3.53. The van der Waals surface area contributed by atoms with Crippen molar-refractivity contribution < 1.29 is 18.0 Å². The SMILES string of the molecule is C#CCN(c1ccc(/C(C#N)=C/c2ccc(N3C(=O)C=CC3=O)cc2)cc1)S(C)(=O)=O. The van der Waals surface area contributed by atoms with E-state index in [1.54, 1.807) is 54.6 Å². The van der Waals surface area contributed by atoms with Gasteiger partial charge in [0.05, 0.1) is 35.8 Å². The molecule has 2 aromatic rings. The fourth-order valence-corrected chi connectivity index (χ4v) is 3.83. The Morgan fingerprint density at radius 1 is 1.06 bits per heavy atom. The molecule has 2 amide bonds. The molecule has 0 aliphatic carbocycles. The molecule has 8 heteroatoms. The fourth-order valence-electron chi connectivity index (χ4n) is 3.01. The van der Waals surface area contributed by atoms with E-state index in [0.717, 1.165) is 15.5 Å². The number of nitrogens with zero attached hydrogens (tertiary/aromatic N) is 3. The van der Waals surface area contributed by atoms with E-state index in [4.69, 9.17) is 6.42 Å². The third-order valence-electron chi connectivity index (χ3n) is 4.49. The quantitative estimate of drug-likeness (QED) is 0.303. The van der Waals surface area contributed by atoms with Crippen LogP contribution in [-0.2, 0) is 19.6 Å². The van der Waals surface area contributed by atoms with Gasteiger partial charge < -0.3 is 0 Å². The zero-order valence-corrected chi connectivity index (χ0v) is 17.3. The van der Waals surface area contributed by atoms with E-state index in [0.29, 0.717) is 28.1 Å². The number of carbonyl (C=O) groups is 2. The largest absolute Gasteiger partial charge is 0.269 e. The van der Waals surface area contributed by atoms with Crippen molar-refractivity contribution in [2.75, 3.05) is 22.0 Å². The van der Waals surface area contributed by atoms with Crippen LogP contribution in [0.4, 0.5) is 11.4 Å². The number of hydrogen-bond donors (Lipinski definition) is 0. The summed E-state index contributed by atoms with van der Waals surface area (Å²) in [4.78, 5) is 24.6. The van der Waals surface area contributed by atoms with Gasteiger partial charge in [0.15, 0.2) is 0 Å². The van der Waals surface area contributed by atoms with Gasteiger partial charge in [0, 0.05) is 12.2 Å². The van der Waals surface area contributed by atoms with Crippen LogP contribution in [0.2, 0.25) is 0 Å². The van der Waals surface area contributed by atoms with Gasteiger partial charge in [-0.2, -0.15) is 5.26 Å². The van der Waals surface area contributed by atoms with E-state index < -0.39 is 21.8 Å². The molecule has 0 radical (unpaired) electrons. The summed E-state index contributed by atoms with van der Waals surface area (Å²) in [7, 11) is -3.53. The third-order valence-corrected chi connectivity index (χ3v) is 5.63. The van der Waals surface area contributed by atoms with Crippen LogP contribution in [0, 0.1) is 23.7 Å². The number of imide groups is 1. The Morgan fingerprint density at radius 3 is 2.13 bits per heavy atom. The highest BCUT2D eigenvalue weighted by Gasteiger charge is 2.24. The van der Waals surface area contributed by atoms with Gasteiger partial charge in [0.25, 0.3) is 11.8 Å². The van der Waals surface area contributed by atoms with Gasteiger partial charge in [-0.15, -0.1) is 6.42 Å². The second-order valence-corrected chi connectivity index (χ2v) is 8.53. The lowest BCUT2D eigenvalue weighted by Crippen LogP contribution is -2.30. The number of nitriles is 1. The third kappa shape index (κ3) is 4.72. The second kappa shape index (κ2) is 8.70. The number of amides is 2. The Bertz CT molecular complexity index is 1260. The van der Waals surface area contributed by atoms with E-state index in [9.17, 15) is 23.3 Å². The van der Waals surface area contributed by atoms with Crippen LogP contribution in [0.25, 0.3) is 11.6 Å². The van der Waals surface area contributed by atoms with Crippen molar-refractivity contribution in [3.8, 4) is 18.4 Å². The Balaban J connectivity index is 1.85. The molecule has 0 atom stereocenters. The predicted molar refractivity (Wildman–Crippen MR) is 119 cm³/mol. The number of terminal acetylenes is 1. The Labute approximate surface area is 180 Å². The highest BCUT2D eigenvalue weighted by Crippen LogP contribution is 2.25. The summed E-state index contributed by atoms with van der Waals surface area (Å²) in [6.45, 7) is -0.0942. The maximum atomic E-state index is 11.9. The van der Waals surface area contributed by atoms with Crippen LogP contribution in [0.3, 0.4) is 0 Å². The first kappa shape index (κ1) is 21.6. The lowest BCUT2D eigenvalue weighted by atomic mass is 10.0. The number of hydrogen-bond acceptors (Lipinski definition) is 5. The van der Waals surface area contributed by atoms with Crippen LogP contribution in [0.1, 0.15) is 11.1 Å². The van der Waals surface area contributed by atoms with Gasteiger partial charge in [0.2, 0.25) is 10.0 Å². The molecule has 3 rings (SSSR count). The summed E-state index contributed by atoms with van der Waals surface area (Å²) >= 11 is 0. The first-order valence-corrected chi connectivity index (χ1v) is 10.9. The van der Waals surface area contributed by atoms with Crippen LogP contribution in [0.5, 0.6) is 0 Å². The predicted octanol–water partition coefficient (Wildman–Crippen LogP) is 2.58. The van der Waals surface area contributed by atoms with E-state index in [-0.39, 0.29) is 6.54 Å². The first-order valence-electron chi connectivity index (χ1n) is 9.04. The van der Waals surface area contributed by atoms with Crippen LogP contribution in [-0.4, -0.2) is 33.0 Å². The smallest absolute Gasteiger partial charge is 0.258 e. The molecule has 0 saturated heterocycles. The molecule has 0 fully saturated rings. The Morgan fingerprint density at radius 2 is 1.65 bits per heavy atom. The zero-order chi connectivity index (χ0) is 22.6. The molecule has 0 unspecified atom stereocenters. The molecule has 2 aromatic carbocycles. The molecule has 0 N–H and O–H groups in total. The fraction of sp³-hybridized carbons (Fsp3) is 0.0870. The molecule has 1 aliphatic heterocycles. The first-order chi connectivity index (χ1) is 14.7. The average Bonchev–Trinajstić information content (AvgIpc) is 3.08. The van der Waals surface area contributed by atoms with Crippen LogP contribution < -0.4 is 9.21 Å².